The van der Waals surface area contributed by atoms with Crippen LogP contribution in [-0.2, 0) is 10.3 Å². The summed E-state index contributed by atoms with van der Waals surface area (Å²) in [7, 11) is 4.00. The number of hydrogen-bond acceptors (Lipinski definition) is 10. The van der Waals surface area contributed by atoms with E-state index in [1.54, 1.807) is 30.5 Å². The molecular weight excluding hydrogens is 482 g/mol. The molecule has 37 heavy (non-hydrogen) atoms. The zero-order valence-corrected chi connectivity index (χ0v) is 20.8. The average molecular weight is 513 g/mol. The smallest absolute Gasteiger partial charge is 0.296 e. The number of aliphatic imine (C=N–C) groups is 1. The van der Waals surface area contributed by atoms with E-state index >= 15 is 0 Å². The minimum atomic E-state index is -2.83. The van der Waals surface area contributed by atoms with Gasteiger partial charge in [-0.15, -0.1) is 0 Å². The Bertz CT molecular complexity index is 1320. The van der Waals surface area contributed by atoms with Crippen molar-refractivity contribution in [3.05, 3.63) is 47.8 Å². The molecule has 196 valence electrons. The van der Waals surface area contributed by atoms with E-state index < -0.39 is 17.8 Å². The first-order valence-corrected chi connectivity index (χ1v) is 12.1. The molecule has 0 bridgehead atoms. The number of nitrogens with two attached hydrogens (primary N) is 1. The van der Waals surface area contributed by atoms with Crippen LogP contribution in [0.4, 0.5) is 14.7 Å². The fourth-order valence-corrected chi connectivity index (χ4v) is 4.20. The van der Waals surface area contributed by atoms with E-state index in [1.807, 2.05) is 25.1 Å². The molecule has 4 heterocycles. The van der Waals surface area contributed by atoms with Crippen LogP contribution in [0.3, 0.4) is 0 Å². The molecule has 1 fully saturated rings. The highest BCUT2D eigenvalue weighted by Gasteiger charge is 2.33. The molecule has 2 aliphatic rings. The molecule has 1 saturated heterocycles. The Hall–Kier alpha value is -3.55. The lowest BCUT2D eigenvalue weighted by Gasteiger charge is -2.30. The fraction of sp³-hybridized carbons (Fsp3) is 0.458. The van der Waals surface area contributed by atoms with Crippen molar-refractivity contribution in [3.63, 3.8) is 0 Å². The summed E-state index contributed by atoms with van der Waals surface area (Å²) in [6, 6.07) is 6.89. The van der Waals surface area contributed by atoms with Crippen LogP contribution in [0.25, 0.3) is 17.0 Å². The summed E-state index contributed by atoms with van der Waals surface area (Å²) in [4.78, 5) is 26.5. The van der Waals surface area contributed by atoms with Gasteiger partial charge in [0.2, 0.25) is 11.9 Å². The molecule has 1 unspecified atom stereocenters. The van der Waals surface area contributed by atoms with Crippen LogP contribution in [0.1, 0.15) is 24.5 Å². The molecule has 1 aromatic carbocycles. The van der Waals surface area contributed by atoms with Gasteiger partial charge in [0.25, 0.3) is 6.43 Å². The number of benzene rings is 1. The second-order valence-electron chi connectivity index (χ2n) is 9.28. The van der Waals surface area contributed by atoms with E-state index in [9.17, 15) is 8.78 Å². The molecule has 0 saturated carbocycles. The Morgan fingerprint density at radius 3 is 2.57 bits per heavy atom. The van der Waals surface area contributed by atoms with Crippen molar-refractivity contribution in [2.75, 3.05) is 58.4 Å². The SMILES string of the molecule is CN(C)CCNC1=CCC(N)(c2nc(N3CCOCC3)nc(-n3c(C(F)F)nc4ccccc43)n2)C=N1. The maximum Gasteiger partial charge on any atom is 0.296 e. The molecule has 0 aliphatic carbocycles. The van der Waals surface area contributed by atoms with Gasteiger partial charge in [0.05, 0.1) is 24.2 Å². The third-order valence-corrected chi connectivity index (χ3v) is 6.24. The van der Waals surface area contributed by atoms with E-state index in [1.165, 1.54) is 4.57 Å². The molecule has 2 aromatic heterocycles. The van der Waals surface area contributed by atoms with Crippen LogP contribution in [0.5, 0.6) is 0 Å². The minimum Gasteiger partial charge on any atom is -0.378 e. The number of likely N-dealkylation sites (N-methyl/N-ethyl adjacent to an activating group) is 1. The average Bonchev–Trinajstić information content (AvgIpc) is 3.30. The number of fused-ring (bicyclic) bond motifs is 1. The van der Waals surface area contributed by atoms with Gasteiger partial charge in [-0.25, -0.2) is 18.8 Å². The van der Waals surface area contributed by atoms with Crippen molar-refractivity contribution in [2.24, 2.45) is 10.7 Å². The number of para-hydroxylation sites is 2. The number of morpholine rings is 1. The number of imidazole rings is 1. The summed E-state index contributed by atoms with van der Waals surface area (Å²) < 4.78 is 34.9. The Kier molecular flexibility index (Phi) is 7.09. The minimum absolute atomic E-state index is 0.0348. The second-order valence-corrected chi connectivity index (χ2v) is 9.28. The van der Waals surface area contributed by atoms with Crippen LogP contribution in [0.15, 0.2) is 41.2 Å². The molecule has 1 atom stereocenters. The molecule has 5 rings (SSSR count). The molecule has 11 nitrogen and oxygen atoms in total. The van der Waals surface area contributed by atoms with Crippen LogP contribution < -0.4 is 16.0 Å². The zero-order chi connectivity index (χ0) is 26.0. The topological polar surface area (TPSA) is 123 Å². The second kappa shape index (κ2) is 10.4. The van der Waals surface area contributed by atoms with Crippen LogP contribution in [-0.4, -0.2) is 89.1 Å². The van der Waals surface area contributed by atoms with Crippen molar-refractivity contribution >= 4 is 23.2 Å². The highest BCUT2D eigenvalue weighted by atomic mass is 19.3. The number of anilines is 1. The third kappa shape index (κ3) is 5.29. The predicted molar refractivity (Wildman–Crippen MR) is 136 cm³/mol. The molecule has 0 spiro atoms. The van der Waals surface area contributed by atoms with Gasteiger partial charge < -0.3 is 25.6 Å². The lowest BCUT2D eigenvalue weighted by atomic mass is 9.95. The quantitative estimate of drug-likeness (QED) is 0.463. The lowest BCUT2D eigenvalue weighted by Crippen LogP contribution is -2.44. The van der Waals surface area contributed by atoms with Crippen molar-refractivity contribution in [3.8, 4) is 5.95 Å². The van der Waals surface area contributed by atoms with Gasteiger partial charge in [-0.3, -0.25) is 4.57 Å². The number of nitrogens with one attached hydrogen (secondary N) is 1. The number of alkyl halides is 2. The van der Waals surface area contributed by atoms with Crippen molar-refractivity contribution in [2.45, 2.75) is 18.4 Å². The van der Waals surface area contributed by atoms with E-state index in [-0.39, 0.29) is 11.8 Å². The monoisotopic (exact) mass is 512 g/mol. The Balaban J connectivity index is 1.56. The first-order valence-electron chi connectivity index (χ1n) is 12.1. The third-order valence-electron chi connectivity index (χ3n) is 6.24. The van der Waals surface area contributed by atoms with Crippen molar-refractivity contribution in [1.29, 1.82) is 0 Å². The zero-order valence-electron chi connectivity index (χ0n) is 20.8. The summed E-state index contributed by atoms with van der Waals surface area (Å²) in [5, 5.41) is 3.27. The van der Waals surface area contributed by atoms with Crippen LogP contribution in [0.2, 0.25) is 0 Å². The van der Waals surface area contributed by atoms with Gasteiger partial charge in [0.15, 0.2) is 11.6 Å². The Morgan fingerprint density at radius 2 is 1.86 bits per heavy atom. The number of aromatic nitrogens is 5. The van der Waals surface area contributed by atoms with Gasteiger partial charge >= 0.3 is 0 Å². The summed E-state index contributed by atoms with van der Waals surface area (Å²) in [6.07, 6.45) is 1.04. The van der Waals surface area contributed by atoms with Crippen LogP contribution in [0, 0.1) is 0 Å². The lowest BCUT2D eigenvalue weighted by molar-refractivity contribution is 0.122. The van der Waals surface area contributed by atoms with E-state index in [0.29, 0.717) is 55.5 Å². The summed E-state index contributed by atoms with van der Waals surface area (Å²) >= 11 is 0. The predicted octanol–water partition coefficient (Wildman–Crippen LogP) is 1.61. The normalized spacial score (nSPS) is 20.2. The molecule has 3 N–H and O–H groups in total. The summed E-state index contributed by atoms with van der Waals surface area (Å²) in [6.45, 7) is 3.71. The molecule has 3 aromatic rings. The first-order chi connectivity index (χ1) is 17.8. The number of hydrogen-bond donors (Lipinski definition) is 2. The standard InChI is InChI=1S/C24H30F2N10O/c1-34(2)10-9-28-18-7-8-24(27,15-29-18)21-31-22(35-11-13-37-14-12-35)33-23(32-21)36-17-6-4-3-5-16(17)30-20(36)19(25)26/h3-7,15,19,28H,8-14,27H2,1-2H3. The number of halogens is 2. The molecule has 2 aliphatic heterocycles. The molecule has 13 heteroatoms. The van der Waals surface area contributed by atoms with Crippen molar-refractivity contribution < 1.29 is 13.5 Å². The van der Waals surface area contributed by atoms with Gasteiger partial charge in [-0.05, 0) is 38.7 Å². The molecule has 0 radical (unpaired) electrons. The van der Waals surface area contributed by atoms with Crippen molar-refractivity contribution in [1.82, 2.24) is 34.7 Å². The number of nitrogens with zero attached hydrogens (tertiary/aromatic N) is 8. The van der Waals surface area contributed by atoms with E-state index in [2.05, 4.69) is 35.1 Å². The maximum absolute atomic E-state index is 14.1. The molecular formula is C24H30F2N10O. The fourth-order valence-electron chi connectivity index (χ4n) is 4.20. The Labute approximate surface area is 213 Å². The first kappa shape index (κ1) is 25.1. The summed E-state index contributed by atoms with van der Waals surface area (Å²) in [5.41, 5.74) is 6.50. The highest BCUT2D eigenvalue weighted by molar-refractivity contribution is 5.78. The van der Waals surface area contributed by atoms with Gasteiger partial charge in [0.1, 0.15) is 11.4 Å². The number of ether oxygens (including phenoxy) is 1. The van der Waals surface area contributed by atoms with Crippen LogP contribution >= 0.6 is 0 Å². The van der Waals surface area contributed by atoms with E-state index in [0.717, 1.165) is 13.1 Å². The maximum atomic E-state index is 14.1. The number of rotatable bonds is 8. The molecule has 0 amide bonds. The summed E-state index contributed by atoms with van der Waals surface area (Å²) in [5.74, 6) is 0.892. The highest BCUT2D eigenvalue weighted by Crippen LogP contribution is 2.29. The van der Waals surface area contributed by atoms with Gasteiger partial charge in [-0.1, -0.05) is 12.1 Å². The van der Waals surface area contributed by atoms with Gasteiger partial charge in [0, 0.05) is 32.4 Å². The van der Waals surface area contributed by atoms with Gasteiger partial charge in [-0.2, -0.15) is 15.0 Å². The largest absolute Gasteiger partial charge is 0.378 e. The Morgan fingerprint density at radius 1 is 1.11 bits per heavy atom. The van der Waals surface area contributed by atoms with E-state index in [4.69, 9.17) is 10.5 Å².